The molecule has 0 atom stereocenters. The molecule has 0 saturated carbocycles. The van der Waals surface area contributed by atoms with Crippen LogP contribution in [0.4, 0.5) is 0 Å². The van der Waals surface area contributed by atoms with Crippen molar-refractivity contribution in [2.75, 3.05) is 7.11 Å². The third kappa shape index (κ3) is 4.79. The first-order valence-corrected chi connectivity index (χ1v) is 9.18. The fourth-order valence-electron chi connectivity index (χ4n) is 3.05. The summed E-state index contributed by atoms with van der Waals surface area (Å²) in [5.74, 6) is -0.527. The Balaban J connectivity index is 2.04. The molecule has 0 unspecified atom stereocenters. The number of esters is 1. The van der Waals surface area contributed by atoms with Gasteiger partial charge in [-0.15, -0.1) is 0 Å². The minimum absolute atomic E-state index is 0.00129. The number of aryl methyl sites for hydroxylation is 1. The van der Waals surface area contributed by atoms with E-state index in [9.17, 15) is 14.4 Å². The summed E-state index contributed by atoms with van der Waals surface area (Å²) in [6, 6.07) is 20.0. The molecule has 6 nitrogen and oxygen atoms in total. The second kappa shape index (κ2) is 9.01. The van der Waals surface area contributed by atoms with Crippen LogP contribution in [-0.4, -0.2) is 22.2 Å². The van der Waals surface area contributed by atoms with Crippen LogP contribution >= 0.6 is 0 Å². The number of aromatic nitrogens is 2. The van der Waals surface area contributed by atoms with Crippen molar-refractivity contribution in [3.8, 4) is 0 Å². The van der Waals surface area contributed by atoms with Crippen molar-refractivity contribution in [2.24, 2.45) is 0 Å². The van der Waals surface area contributed by atoms with Gasteiger partial charge in [-0.25, -0.2) is 9.59 Å². The molecule has 29 heavy (non-hydrogen) atoms. The largest absolute Gasteiger partial charge is 0.466 e. The highest BCUT2D eigenvalue weighted by atomic mass is 16.5. The molecule has 0 N–H and O–H groups in total. The van der Waals surface area contributed by atoms with Gasteiger partial charge in [0.1, 0.15) is 0 Å². The van der Waals surface area contributed by atoms with Crippen LogP contribution in [0.5, 0.6) is 0 Å². The minimum atomic E-state index is -0.527. The summed E-state index contributed by atoms with van der Waals surface area (Å²) in [4.78, 5) is 37.8. The summed E-state index contributed by atoms with van der Waals surface area (Å²) in [7, 11) is 1.30. The molecule has 0 aliphatic carbocycles. The first-order chi connectivity index (χ1) is 14.0. The smallest absolute Gasteiger partial charge is 0.335 e. The van der Waals surface area contributed by atoms with Gasteiger partial charge < -0.3 is 4.74 Å². The second-order valence-corrected chi connectivity index (χ2v) is 6.64. The Morgan fingerprint density at radius 2 is 1.59 bits per heavy atom. The highest BCUT2D eigenvalue weighted by Gasteiger charge is 2.16. The third-order valence-electron chi connectivity index (χ3n) is 4.59. The summed E-state index contributed by atoms with van der Waals surface area (Å²) in [5.41, 5.74) is 1.60. The van der Waals surface area contributed by atoms with Gasteiger partial charge in [0, 0.05) is 11.8 Å². The topological polar surface area (TPSA) is 70.3 Å². The lowest BCUT2D eigenvalue weighted by Crippen LogP contribution is -2.41. The monoisotopic (exact) mass is 390 g/mol. The van der Waals surface area contributed by atoms with Gasteiger partial charge in [0.05, 0.1) is 25.8 Å². The summed E-state index contributed by atoms with van der Waals surface area (Å²) < 4.78 is 7.47. The van der Waals surface area contributed by atoms with Crippen LogP contribution in [0.1, 0.15) is 16.8 Å². The average Bonchev–Trinajstić information content (AvgIpc) is 2.74. The van der Waals surface area contributed by atoms with Crippen LogP contribution in [0.25, 0.3) is 6.08 Å². The van der Waals surface area contributed by atoms with Crippen molar-refractivity contribution in [3.05, 3.63) is 110 Å². The fraction of sp³-hybridized carbons (Fsp3) is 0.174. The van der Waals surface area contributed by atoms with E-state index in [1.54, 1.807) is 13.0 Å². The van der Waals surface area contributed by atoms with Crippen molar-refractivity contribution in [1.29, 1.82) is 0 Å². The van der Waals surface area contributed by atoms with Crippen LogP contribution in [0.15, 0.2) is 81.9 Å². The molecule has 0 fully saturated rings. The highest BCUT2D eigenvalue weighted by molar-refractivity contribution is 5.93. The first-order valence-electron chi connectivity index (χ1n) is 9.18. The van der Waals surface area contributed by atoms with Crippen molar-refractivity contribution < 1.29 is 9.53 Å². The summed E-state index contributed by atoms with van der Waals surface area (Å²) in [6.45, 7) is 1.84. The van der Waals surface area contributed by atoms with E-state index in [0.29, 0.717) is 11.3 Å². The molecular weight excluding hydrogens is 368 g/mol. The molecule has 1 aromatic heterocycles. The minimum Gasteiger partial charge on any atom is -0.466 e. The molecule has 3 aromatic rings. The molecule has 3 rings (SSSR count). The standard InChI is InChI=1S/C23H22N2O4/c1-17-13-21(26)25(15-19-11-7-4-8-12-19)23(28)24(17)16-20(22(27)29-2)14-18-9-5-3-6-10-18/h3-14H,15-16H2,1-2H3/b20-14-. The van der Waals surface area contributed by atoms with E-state index in [4.69, 9.17) is 4.74 Å². The molecule has 0 bridgehead atoms. The van der Waals surface area contributed by atoms with Gasteiger partial charge >= 0.3 is 11.7 Å². The van der Waals surface area contributed by atoms with Gasteiger partial charge in [0.25, 0.3) is 5.56 Å². The molecule has 1 heterocycles. The quantitative estimate of drug-likeness (QED) is 0.479. The van der Waals surface area contributed by atoms with Crippen LogP contribution in [0.3, 0.4) is 0 Å². The Labute approximate surface area is 168 Å². The Morgan fingerprint density at radius 1 is 0.966 bits per heavy atom. The zero-order chi connectivity index (χ0) is 20.8. The molecule has 0 amide bonds. The maximum absolute atomic E-state index is 13.1. The number of hydrogen-bond donors (Lipinski definition) is 0. The normalized spacial score (nSPS) is 11.3. The summed E-state index contributed by atoms with van der Waals surface area (Å²) in [5, 5.41) is 0. The van der Waals surface area contributed by atoms with E-state index in [2.05, 4.69) is 0 Å². The molecule has 0 aliphatic heterocycles. The number of carbonyl (C=O) groups is 1. The predicted molar refractivity (Wildman–Crippen MR) is 112 cm³/mol. The second-order valence-electron chi connectivity index (χ2n) is 6.64. The average molecular weight is 390 g/mol. The molecule has 0 spiro atoms. The zero-order valence-corrected chi connectivity index (χ0v) is 16.4. The van der Waals surface area contributed by atoms with Crippen molar-refractivity contribution in [2.45, 2.75) is 20.0 Å². The maximum atomic E-state index is 13.1. The third-order valence-corrected chi connectivity index (χ3v) is 4.59. The number of nitrogens with zero attached hydrogens (tertiary/aromatic N) is 2. The lowest BCUT2D eigenvalue weighted by molar-refractivity contribution is -0.136. The Bertz CT molecular complexity index is 1140. The number of carbonyl (C=O) groups excluding carboxylic acids is 1. The fourth-order valence-corrected chi connectivity index (χ4v) is 3.05. The Morgan fingerprint density at radius 3 is 2.21 bits per heavy atom. The lowest BCUT2D eigenvalue weighted by atomic mass is 10.1. The Hall–Kier alpha value is -3.67. The number of rotatable bonds is 6. The van der Waals surface area contributed by atoms with Gasteiger partial charge in [-0.1, -0.05) is 60.7 Å². The van der Waals surface area contributed by atoms with Crippen molar-refractivity contribution >= 4 is 12.0 Å². The zero-order valence-electron chi connectivity index (χ0n) is 16.4. The van der Waals surface area contributed by atoms with Gasteiger partial charge in [-0.2, -0.15) is 0 Å². The predicted octanol–water partition coefficient (Wildman–Crippen LogP) is 2.62. The maximum Gasteiger partial charge on any atom is 0.335 e. The molecule has 0 saturated heterocycles. The van der Waals surface area contributed by atoms with Crippen LogP contribution < -0.4 is 11.2 Å². The molecule has 0 aliphatic rings. The van der Waals surface area contributed by atoms with Gasteiger partial charge in [-0.3, -0.25) is 13.9 Å². The van der Waals surface area contributed by atoms with E-state index in [1.165, 1.54) is 22.3 Å². The molecule has 6 heteroatoms. The highest BCUT2D eigenvalue weighted by Crippen LogP contribution is 2.11. The molecular formula is C23H22N2O4. The van der Waals surface area contributed by atoms with E-state index >= 15 is 0 Å². The number of hydrogen-bond acceptors (Lipinski definition) is 4. The number of benzene rings is 2. The van der Waals surface area contributed by atoms with Gasteiger partial charge in [0.2, 0.25) is 0 Å². The lowest BCUT2D eigenvalue weighted by Gasteiger charge is -2.14. The SMILES string of the molecule is COC(=O)/C(=C\c1ccccc1)Cn1c(C)cc(=O)n(Cc2ccccc2)c1=O. The Kier molecular flexibility index (Phi) is 6.24. The molecule has 0 radical (unpaired) electrons. The van der Waals surface area contributed by atoms with Crippen molar-refractivity contribution in [3.63, 3.8) is 0 Å². The van der Waals surface area contributed by atoms with Crippen molar-refractivity contribution in [1.82, 2.24) is 9.13 Å². The molecule has 2 aromatic carbocycles. The van der Waals surface area contributed by atoms with E-state index in [1.807, 2.05) is 60.7 Å². The van der Waals surface area contributed by atoms with Crippen LogP contribution in [0, 0.1) is 6.92 Å². The van der Waals surface area contributed by atoms with Gasteiger partial charge in [0.15, 0.2) is 0 Å². The summed E-state index contributed by atoms with van der Waals surface area (Å²) in [6.07, 6.45) is 1.68. The number of methoxy groups -OCH3 is 1. The van der Waals surface area contributed by atoms with Gasteiger partial charge in [-0.05, 0) is 24.1 Å². The molecule has 148 valence electrons. The van der Waals surface area contributed by atoms with Crippen LogP contribution in [0.2, 0.25) is 0 Å². The van der Waals surface area contributed by atoms with E-state index in [0.717, 1.165) is 11.1 Å². The summed E-state index contributed by atoms with van der Waals surface area (Å²) >= 11 is 0. The van der Waals surface area contributed by atoms with Crippen LogP contribution in [-0.2, 0) is 22.6 Å². The van der Waals surface area contributed by atoms with E-state index < -0.39 is 11.7 Å². The first kappa shape index (κ1) is 20.1. The number of ether oxygens (including phenoxy) is 1. The van der Waals surface area contributed by atoms with E-state index in [-0.39, 0.29) is 18.6 Å².